The molecule has 0 aromatic carbocycles. The van der Waals surface area contributed by atoms with Gasteiger partial charge in [-0.05, 0) is 39.4 Å². The van der Waals surface area contributed by atoms with E-state index in [1.165, 1.54) is 0 Å². The van der Waals surface area contributed by atoms with Crippen LogP contribution in [0.4, 0.5) is 0 Å². The zero-order chi connectivity index (χ0) is 12.7. The smallest absolute Gasteiger partial charge is 0.224 e. The van der Waals surface area contributed by atoms with Crippen LogP contribution in [-0.2, 0) is 4.79 Å². The van der Waals surface area contributed by atoms with Gasteiger partial charge in [0.1, 0.15) is 0 Å². The minimum Gasteiger partial charge on any atom is -0.355 e. The average molecular weight is 278 g/mol. The van der Waals surface area contributed by atoms with Crippen LogP contribution in [0, 0.1) is 5.92 Å². The molecule has 0 aromatic heterocycles. The Morgan fingerprint density at radius 1 is 1.39 bits per heavy atom. The third kappa shape index (κ3) is 5.55. The van der Waals surface area contributed by atoms with Crippen molar-refractivity contribution in [3.05, 3.63) is 0 Å². The van der Waals surface area contributed by atoms with Crippen LogP contribution < -0.4 is 10.6 Å². The molecule has 18 heavy (non-hydrogen) atoms. The first-order chi connectivity index (χ1) is 8.19. The Morgan fingerprint density at radius 3 is 2.61 bits per heavy atom. The molecule has 108 valence electrons. The summed E-state index contributed by atoms with van der Waals surface area (Å²) in [5, 5.41) is 6.42. The highest BCUT2D eigenvalue weighted by Crippen LogP contribution is 2.15. The Hall–Kier alpha value is -0.320. The SMILES string of the molecule is CCN(CC)CCNC(=O)C1CCCNC1C.Cl. The fourth-order valence-electron chi connectivity index (χ4n) is 2.41. The van der Waals surface area contributed by atoms with Gasteiger partial charge in [-0.2, -0.15) is 0 Å². The summed E-state index contributed by atoms with van der Waals surface area (Å²) in [5.74, 6) is 0.373. The van der Waals surface area contributed by atoms with Crippen LogP contribution in [0.3, 0.4) is 0 Å². The molecule has 1 rings (SSSR count). The van der Waals surface area contributed by atoms with Crippen molar-refractivity contribution >= 4 is 18.3 Å². The summed E-state index contributed by atoms with van der Waals surface area (Å²) in [6.07, 6.45) is 2.13. The number of halogens is 1. The van der Waals surface area contributed by atoms with Crippen molar-refractivity contribution in [3.63, 3.8) is 0 Å². The molecule has 5 heteroatoms. The number of piperidine rings is 1. The number of amides is 1. The number of rotatable bonds is 6. The molecule has 2 atom stereocenters. The van der Waals surface area contributed by atoms with Crippen molar-refractivity contribution < 1.29 is 4.79 Å². The standard InChI is InChI=1S/C13H27N3O.ClH/c1-4-16(5-2)10-9-15-13(17)12-7-6-8-14-11(12)3;/h11-12,14H,4-10H2,1-3H3,(H,15,17);1H. The van der Waals surface area contributed by atoms with E-state index < -0.39 is 0 Å². The van der Waals surface area contributed by atoms with Crippen molar-refractivity contribution in [2.24, 2.45) is 5.92 Å². The third-order valence-electron chi connectivity index (χ3n) is 3.72. The van der Waals surface area contributed by atoms with Gasteiger partial charge >= 0.3 is 0 Å². The quantitative estimate of drug-likeness (QED) is 0.768. The molecule has 0 aliphatic carbocycles. The van der Waals surface area contributed by atoms with Crippen molar-refractivity contribution in [2.45, 2.75) is 39.7 Å². The van der Waals surface area contributed by atoms with Gasteiger partial charge in [0.2, 0.25) is 5.91 Å². The van der Waals surface area contributed by atoms with E-state index in [-0.39, 0.29) is 24.2 Å². The Kier molecular flexibility index (Phi) is 9.42. The van der Waals surface area contributed by atoms with E-state index >= 15 is 0 Å². The average Bonchev–Trinajstić information content (AvgIpc) is 2.35. The fourth-order valence-corrected chi connectivity index (χ4v) is 2.41. The van der Waals surface area contributed by atoms with Crippen LogP contribution in [0.2, 0.25) is 0 Å². The van der Waals surface area contributed by atoms with Crippen molar-refractivity contribution in [1.29, 1.82) is 0 Å². The highest BCUT2D eigenvalue weighted by molar-refractivity contribution is 5.85. The first-order valence-electron chi connectivity index (χ1n) is 6.92. The van der Waals surface area contributed by atoms with Gasteiger partial charge in [-0.15, -0.1) is 12.4 Å². The highest BCUT2D eigenvalue weighted by Gasteiger charge is 2.26. The number of hydrogen-bond donors (Lipinski definition) is 2. The Morgan fingerprint density at radius 2 is 2.06 bits per heavy atom. The molecule has 1 heterocycles. The molecule has 4 nitrogen and oxygen atoms in total. The second-order valence-corrected chi connectivity index (χ2v) is 4.81. The maximum Gasteiger partial charge on any atom is 0.224 e. The van der Waals surface area contributed by atoms with Gasteiger partial charge in [-0.25, -0.2) is 0 Å². The van der Waals surface area contributed by atoms with Gasteiger partial charge in [-0.1, -0.05) is 13.8 Å². The van der Waals surface area contributed by atoms with Crippen molar-refractivity contribution in [2.75, 3.05) is 32.7 Å². The molecular formula is C13H28ClN3O. The zero-order valence-electron chi connectivity index (χ0n) is 11.9. The molecule has 0 bridgehead atoms. The van der Waals surface area contributed by atoms with Gasteiger partial charge in [-0.3, -0.25) is 4.79 Å². The molecule has 1 fully saturated rings. The molecule has 1 aliphatic heterocycles. The van der Waals surface area contributed by atoms with Crippen LogP contribution >= 0.6 is 12.4 Å². The summed E-state index contributed by atoms with van der Waals surface area (Å²) < 4.78 is 0. The second-order valence-electron chi connectivity index (χ2n) is 4.81. The Bertz CT molecular complexity index is 234. The number of nitrogens with one attached hydrogen (secondary N) is 2. The van der Waals surface area contributed by atoms with Gasteiger partial charge in [0.25, 0.3) is 0 Å². The Labute approximate surface area is 117 Å². The van der Waals surface area contributed by atoms with Crippen LogP contribution in [0.15, 0.2) is 0 Å². The maximum absolute atomic E-state index is 12.0. The molecular weight excluding hydrogens is 250 g/mol. The van der Waals surface area contributed by atoms with Gasteiger partial charge in [0, 0.05) is 19.1 Å². The molecule has 0 saturated carbocycles. The topological polar surface area (TPSA) is 44.4 Å². The van der Waals surface area contributed by atoms with E-state index in [0.29, 0.717) is 6.04 Å². The summed E-state index contributed by atoms with van der Waals surface area (Å²) in [6, 6.07) is 0.317. The highest BCUT2D eigenvalue weighted by atomic mass is 35.5. The predicted molar refractivity (Wildman–Crippen MR) is 78.2 cm³/mol. The second kappa shape index (κ2) is 9.59. The van der Waals surface area contributed by atoms with Crippen LogP contribution in [0.5, 0.6) is 0 Å². The van der Waals surface area contributed by atoms with E-state index in [1.54, 1.807) is 0 Å². The summed E-state index contributed by atoms with van der Waals surface area (Å²) in [6.45, 7) is 11.3. The van der Waals surface area contributed by atoms with E-state index in [4.69, 9.17) is 0 Å². The van der Waals surface area contributed by atoms with E-state index in [1.807, 2.05) is 0 Å². The summed E-state index contributed by atoms with van der Waals surface area (Å²) in [7, 11) is 0. The molecule has 0 spiro atoms. The molecule has 1 saturated heterocycles. The number of likely N-dealkylation sites (N-methyl/N-ethyl adjacent to an activating group) is 1. The van der Waals surface area contributed by atoms with E-state index in [2.05, 4.69) is 36.3 Å². The fraction of sp³-hybridized carbons (Fsp3) is 0.923. The minimum atomic E-state index is 0. The lowest BCUT2D eigenvalue weighted by atomic mass is 9.91. The number of carbonyl (C=O) groups excluding carboxylic acids is 1. The van der Waals surface area contributed by atoms with Crippen molar-refractivity contribution in [3.8, 4) is 0 Å². The van der Waals surface area contributed by atoms with Crippen LogP contribution in [-0.4, -0.2) is 49.6 Å². The Balaban J connectivity index is 0.00000289. The monoisotopic (exact) mass is 277 g/mol. The van der Waals surface area contributed by atoms with Gasteiger partial charge in [0.05, 0.1) is 5.92 Å². The largest absolute Gasteiger partial charge is 0.355 e. The van der Waals surface area contributed by atoms with E-state index in [0.717, 1.165) is 45.6 Å². The minimum absolute atomic E-state index is 0. The first-order valence-corrected chi connectivity index (χ1v) is 6.92. The molecule has 2 unspecified atom stereocenters. The normalized spacial score (nSPS) is 23.6. The molecule has 1 amide bonds. The summed E-state index contributed by atoms with van der Waals surface area (Å²) in [4.78, 5) is 14.3. The lowest BCUT2D eigenvalue weighted by Crippen LogP contribution is -2.47. The summed E-state index contributed by atoms with van der Waals surface area (Å²) >= 11 is 0. The lowest BCUT2D eigenvalue weighted by molar-refractivity contribution is -0.126. The number of hydrogen-bond acceptors (Lipinski definition) is 3. The lowest BCUT2D eigenvalue weighted by Gasteiger charge is -2.29. The van der Waals surface area contributed by atoms with Crippen molar-refractivity contribution in [1.82, 2.24) is 15.5 Å². The molecule has 0 radical (unpaired) electrons. The first kappa shape index (κ1) is 17.7. The molecule has 1 aliphatic rings. The van der Waals surface area contributed by atoms with E-state index in [9.17, 15) is 4.79 Å². The zero-order valence-corrected chi connectivity index (χ0v) is 12.7. The molecule has 0 aromatic rings. The number of carbonyl (C=O) groups is 1. The molecule has 2 N–H and O–H groups in total. The summed E-state index contributed by atoms with van der Waals surface area (Å²) in [5.41, 5.74) is 0. The van der Waals surface area contributed by atoms with Crippen LogP contribution in [0.25, 0.3) is 0 Å². The van der Waals surface area contributed by atoms with Crippen LogP contribution in [0.1, 0.15) is 33.6 Å². The van der Waals surface area contributed by atoms with Gasteiger partial charge < -0.3 is 15.5 Å². The maximum atomic E-state index is 12.0. The number of nitrogens with zero attached hydrogens (tertiary/aromatic N) is 1. The van der Waals surface area contributed by atoms with Gasteiger partial charge in [0.15, 0.2) is 0 Å². The predicted octanol–water partition coefficient (Wildman–Crippen LogP) is 1.25. The third-order valence-corrected chi connectivity index (χ3v) is 3.72.